The highest BCUT2D eigenvalue weighted by molar-refractivity contribution is 5.98. The highest BCUT2D eigenvalue weighted by atomic mass is 16.5. The lowest BCUT2D eigenvalue weighted by molar-refractivity contribution is -0.121. The smallest absolute Gasteiger partial charge is 0.220 e. The molecule has 0 saturated carbocycles. The maximum Gasteiger partial charge on any atom is 0.220 e. The van der Waals surface area contributed by atoms with E-state index in [4.69, 9.17) is 9.47 Å². The molecule has 1 amide bonds. The van der Waals surface area contributed by atoms with E-state index in [1.165, 1.54) is 14.2 Å². The quantitative estimate of drug-likeness (QED) is 0.704. The number of nitrogens with zero attached hydrogens (tertiary/aromatic N) is 2. The van der Waals surface area contributed by atoms with E-state index in [9.17, 15) is 9.59 Å². The molecule has 0 saturated heterocycles. The summed E-state index contributed by atoms with van der Waals surface area (Å²) in [6.45, 7) is 2.48. The zero-order chi connectivity index (χ0) is 18.2. The number of ether oxygens (including phenoxy) is 2. The van der Waals surface area contributed by atoms with Crippen LogP contribution in [-0.2, 0) is 11.3 Å². The first kappa shape index (κ1) is 18.5. The van der Waals surface area contributed by atoms with Crippen molar-refractivity contribution in [2.45, 2.75) is 32.4 Å². The van der Waals surface area contributed by atoms with Gasteiger partial charge in [-0.15, -0.1) is 0 Å². The number of aromatic nitrogens is 2. The van der Waals surface area contributed by atoms with Crippen molar-refractivity contribution in [3.05, 3.63) is 42.2 Å². The van der Waals surface area contributed by atoms with Crippen LogP contribution in [0.15, 0.2) is 36.7 Å². The Balaban J connectivity index is 1.83. The van der Waals surface area contributed by atoms with Crippen LogP contribution in [0.1, 0.15) is 30.1 Å². The van der Waals surface area contributed by atoms with Crippen molar-refractivity contribution in [3.63, 3.8) is 0 Å². The largest absolute Gasteiger partial charge is 0.493 e. The molecule has 1 N–H and O–H groups in total. The van der Waals surface area contributed by atoms with Gasteiger partial charge in [-0.3, -0.25) is 14.3 Å². The Labute approximate surface area is 146 Å². The van der Waals surface area contributed by atoms with Crippen LogP contribution in [0.25, 0.3) is 0 Å². The minimum absolute atomic E-state index is 0.0661. The molecule has 1 atom stereocenters. The number of carbonyl (C=O) groups is 2. The number of benzene rings is 1. The van der Waals surface area contributed by atoms with Crippen molar-refractivity contribution in [2.24, 2.45) is 0 Å². The van der Waals surface area contributed by atoms with Crippen molar-refractivity contribution >= 4 is 11.7 Å². The predicted octanol–water partition coefficient (Wildman–Crippen LogP) is 2.07. The Hall–Kier alpha value is -2.83. The van der Waals surface area contributed by atoms with E-state index in [0.717, 1.165) is 0 Å². The van der Waals surface area contributed by atoms with Gasteiger partial charge in [0.05, 0.1) is 20.8 Å². The first-order valence-electron chi connectivity index (χ1n) is 8.05. The molecule has 0 aliphatic rings. The number of carbonyl (C=O) groups excluding carboxylic acids is 2. The van der Waals surface area contributed by atoms with Crippen molar-refractivity contribution in [1.82, 2.24) is 15.1 Å². The molecule has 0 aliphatic carbocycles. The van der Waals surface area contributed by atoms with Gasteiger partial charge in [0.15, 0.2) is 17.3 Å². The first-order valence-corrected chi connectivity index (χ1v) is 8.05. The Morgan fingerprint density at radius 3 is 2.60 bits per heavy atom. The average Bonchev–Trinajstić information content (AvgIpc) is 3.11. The van der Waals surface area contributed by atoms with Gasteiger partial charge < -0.3 is 14.8 Å². The molecular weight excluding hydrogens is 322 g/mol. The molecule has 134 valence electrons. The van der Waals surface area contributed by atoms with Crippen LogP contribution in [0, 0.1) is 0 Å². The number of Topliss-reactive ketones (excluding diaryl/α,β-unsaturated/α-hetero) is 1. The summed E-state index contributed by atoms with van der Waals surface area (Å²) in [7, 11) is 3.05. The van der Waals surface area contributed by atoms with Gasteiger partial charge in [-0.05, 0) is 31.2 Å². The summed E-state index contributed by atoms with van der Waals surface area (Å²) in [4.78, 5) is 24.3. The Morgan fingerprint density at radius 2 is 1.96 bits per heavy atom. The SMILES string of the molecule is COc1ccc(C(=O)CCC(=O)N[C@H](C)Cn2cccn2)cc1OC. The summed E-state index contributed by atoms with van der Waals surface area (Å²) < 4.78 is 12.1. The third kappa shape index (κ3) is 5.34. The average molecular weight is 345 g/mol. The van der Waals surface area contributed by atoms with Crippen LogP contribution < -0.4 is 14.8 Å². The highest BCUT2D eigenvalue weighted by Gasteiger charge is 2.14. The number of nitrogens with one attached hydrogen (secondary N) is 1. The molecule has 0 unspecified atom stereocenters. The molecule has 0 radical (unpaired) electrons. The predicted molar refractivity (Wildman–Crippen MR) is 92.9 cm³/mol. The van der Waals surface area contributed by atoms with E-state index in [1.54, 1.807) is 29.1 Å². The van der Waals surface area contributed by atoms with Gasteiger partial charge in [0.2, 0.25) is 5.91 Å². The Bertz CT molecular complexity index is 713. The van der Waals surface area contributed by atoms with E-state index < -0.39 is 0 Å². The number of hydrogen-bond donors (Lipinski definition) is 1. The molecule has 1 aromatic carbocycles. The molecule has 0 bridgehead atoms. The van der Waals surface area contributed by atoms with Gasteiger partial charge in [-0.2, -0.15) is 5.10 Å². The minimum Gasteiger partial charge on any atom is -0.493 e. The zero-order valence-electron chi connectivity index (χ0n) is 14.7. The van der Waals surface area contributed by atoms with Crippen LogP contribution in [0.3, 0.4) is 0 Å². The lowest BCUT2D eigenvalue weighted by Crippen LogP contribution is -2.35. The van der Waals surface area contributed by atoms with Crippen LogP contribution in [-0.4, -0.2) is 41.7 Å². The van der Waals surface area contributed by atoms with E-state index >= 15 is 0 Å². The highest BCUT2D eigenvalue weighted by Crippen LogP contribution is 2.28. The second-order valence-corrected chi connectivity index (χ2v) is 5.69. The minimum atomic E-state index is -0.159. The monoisotopic (exact) mass is 345 g/mol. The van der Waals surface area contributed by atoms with Gasteiger partial charge in [0.1, 0.15) is 0 Å². The number of hydrogen-bond acceptors (Lipinski definition) is 5. The van der Waals surface area contributed by atoms with Crippen molar-refractivity contribution in [2.75, 3.05) is 14.2 Å². The lowest BCUT2D eigenvalue weighted by atomic mass is 10.1. The van der Waals surface area contributed by atoms with Crippen molar-refractivity contribution < 1.29 is 19.1 Å². The molecule has 2 rings (SSSR count). The molecule has 0 spiro atoms. The van der Waals surface area contributed by atoms with Crippen LogP contribution in [0.5, 0.6) is 11.5 Å². The molecule has 1 heterocycles. The van der Waals surface area contributed by atoms with E-state index in [0.29, 0.717) is 23.6 Å². The summed E-state index contributed by atoms with van der Waals surface area (Å²) in [5, 5.41) is 6.97. The van der Waals surface area contributed by atoms with Gasteiger partial charge in [0, 0.05) is 36.8 Å². The summed E-state index contributed by atoms with van der Waals surface area (Å²) in [5.41, 5.74) is 0.495. The van der Waals surface area contributed by atoms with E-state index in [2.05, 4.69) is 10.4 Å². The first-order chi connectivity index (χ1) is 12.0. The fraction of sp³-hybridized carbons (Fsp3) is 0.389. The van der Waals surface area contributed by atoms with E-state index in [-0.39, 0.29) is 30.6 Å². The van der Waals surface area contributed by atoms with Gasteiger partial charge >= 0.3 is 0 Å². The Morgan fingerprint density at radius 1 is 1.20 bits per heavy atom. The summed E-state index contributed by atoms with van der Waals surface area (Å²) >= 11 is 0. The number of ketones is 1. The standard InChI is InChI=1S/C18H23N3O4/c1-13(12-21-10-4-9-19-21)20-18(23)8-6-15(22)14-5-7-16(24-2)17(11-14)25-3/h4-5,7,9-11,13H,6,8,12H2,1-3H3,(H,20,23)/t13-/m1/s1. The third-order valence-corrected chi connectivity index (χ3v) is 3.71. The summed E-state index contributed by atoms with van der Waals surface area (Å²) in [5.74, 6) is 0.777. The van der Waals surface area contributed by atoms with E-state index in [1.807, 2.05) is 19.2 Å². The van der Waals surface area contributed by atoms with Crippen LogP contribution >= 0.6 is 0 Å². The normalized spacial score (nSPS) is 11.6. The molecule has 2 aromatic rings. The van der Waals surface area contributed by atoms with Crippen molar-refractivity contribution in [3.8, 4) is 11.5 Å². The molecule has 7 nitrogen and oxygen atoms in total. The number of amides is 1. The molecule has 25 heavy (non-hydrogen) atoms. The van der Waals surface area contributed by atoms with Gasteiger partial charge in [-0.1, -0.05) is 0 Å². The molecular formula is C18H23N3O4. The van der Waals surface area contributed by atoms with Crippen LogP contribution in [0.2, 0.25) is 0 Å². The number of rotatable bonds is 9. The second kappa shape index (κ2) is 8.86. The maximum absolute atomic E-state index is 12.3. The van der Waals surface area contributed by atoms with Gasteiger partial charge in [0.25, 0.3) is 0 Å². The van der Waals surface area contributed by atoms with Gasteiger partial charge in [-0.25, -0.2) is 0 Å². The maximum atomic E-state index is 12.3. The van der Waals surface area contributed by atoms with Crippen LogP contribution in [0.4, 0.5) is 0 Å². The lowest BCUT2D eigenvalue weighted by Gasteiger charge is -2.14. The molecule has 0 fully saturated rings. The third-order valence-electron chi connectivity index (χ3n) is 3.71. The number of methoxy groups -OCH3 is 2. The molecule has 7 heteroatoms. The summed E-state index contributed by atoms with van der Waals surface area (Å²) in [6.07, 6.45) is 3.80. The topological polar surface area (TPSA) is 82.5 Å². The fourth-order valence-corrected chi connectivity index (χ4v) is 2.46. The molecule has 1 aromatic heterocycles. The molecule has 0 aliphatic heterocycles. The Kier molecular flexibility index (Phi) is 6.56. The zero-order valence-corrected chi connectivity index (χ0v) is 14.7. The second-order valence-electron chi connectivity index (χ2n) is 5.69. The fourth-order valence-electron chi connectivity index (χ4n) is 2.46. The summed E-state index contributed by atoms with van der Waals surface area (Å²) in [6, 6.07) is 6.74. The van der Waals surface area contributed by atoms with Crippen molar-refractivity contribution in [1.29, 1.82) is 0 Å².